The van der Waals surface area contributed by atoms with Gasteiger partial charge in [-0.25, -0.2) is 4.98 Å². The lowest BCUT2D eigenvalue weighted by Gasteiger charge is -2.20. The highest BCUT2D eigenvalue weighted by atomic mass is 16.5. The van der Waals surface area contributed by atoms with Crippen LogP contribution in [-0.4, -0.2) is 9.55 Å². The normalized spacial score (nSPS) is 12.5. The second kappa shape index (κ2) is 4.15. The molecule has 2 aromatic heterocycles. The van der Waals surface area contributed by atoms with E-state index in [1.807, 2.05) is 30.5 Å². The van der Waals surface area contributed by atoms with Crippen molar-refractivity contribution in [2.45, 2.75) is 0 Å². The summed E-state index contributed by atoms with van der Waals surface area (Å²) in [4.78, 5) is 4.68. The zero-order valence-electron chi connectivity index (χ0n) is 12.7. The molecule has 24 heavy (non-hydrogen) atoms. The Labute approximate surface area is 137 Å². The van der Waals surface area contributed by atoms with Crippen molar-refractivity contribution in [3.05, 3.63) is 72.9 Å². The van der Waals surface area contributed by atoms with E-state index in [-0.39, 0.29) is 0 Å². The van der Waals surface area contributed by atoms with Crippen molar-refractivity contribution in [2.24, 2.45) is 0 Å². The van der Waals surface area contributed by atoms with E-state index < -0.39 is 0 Å². The molecule has 0 amide bonds. The highest BCUT2D eigenvalue weighted by Crippen LogP contribution is 2.47. The van der Waals surface area contributed by atoms with Gasteiger partial charge in [-0.05, 0) is 41.1 Å². The minimum absolute atomic E-state index is 0.865. The Kier molecular flexibility index (Phi) is 2.10. The van der Waals surface area contributed by atoms with Gasteiger partial charge < -0.3 is 4.74 Å². The zero-order valence-corrected chi connectivity index (χ0v) is 12.7. The van der Waals surface area contributed by atoms with Crippen LogP contribution < -0.4 is 4.74 Å². The smallest absolute Gasteiger partial charge is 0.152 e. The molecule has 0 bridgehead atoms. The van der Waals surface area contributed by atoms with Gasteiger partial charge in [-0.3, -0.25) is 4.57 Å². The molecule has 0 saturated carbocycles. The van der Waals surface area contributed by atoms with Gasteiger partial charge in [0.25, 0.3) is 0 Å². The average Bonchev–Trinajstić information content (AvgIpc) is 2.99. The van der Waals surface area contributed by atoms with Gasteiger partial charge in [0.1, 0.15) is 5.65 Å². The predicted octanol–water partition coefficient (Wildman–Crippen LogP) is 5.44. The number of nitrogens with zero attached hydrogens (tertiary/aromatic N) is 2. The fraction of sp³-hybridized carbons (Fsp3) is 0. The van der Waals surface area contributed by atoms with Gasteiger partial charge in [-0.15, -0.1) is 0 Å². The Morgan fingerprint density at radius 1 is 0.792 bits per heavy atom. The lowest BCUT2D eigenvalue weighted by molar-refractivity contribution is 0.477. The summed E-state index contributed by atoms with van der Waals surface area (Å²) >= 11 is 0. The number of aromatic nitrogens is 2. The SMILES string of the molecule is c1ccc2c(c1)Oc1cc3ccccc3c3c4cccnc4n-2c13. The maximum atomic E-state index is 6.24. The summed E-state index contributed by atoms with van der Waals surface area (Å²) in [5, 5.41) is 4.78. The number of ether oxygens (including phenoxy) is 1. The number of hydrogen-bond donors (Lipinski definition) is 0. The molecular formula is C21H12N2O. The molecule has 0 unspecified atom stereocenters. The van der Waals surface area contributed by atoms with Crippen LogP contribution in [0.15, 0.2) is 72.9 Å². The summed E-state index contributed by atoms with van der Waals surface area (Å²) in [5.41, 5.74) is 3.11. The van der Waals surface area contributed by atoms with Gasteiger partial charge in [0.15, 0.2) is 11.5 Å². The van der Waals surface area contributed by atoms with Gasteiger partial charge in [-0.1, -0.05) is 36.4 Å². The van der Waals surface area contributed by atoms with E-state index in [2.05, 4.69) is 52.0 Å². The molecule has 0 radical (unpaired) electrons. The Hall–Kier alpha value is -3.33. The number of hydrogen-bond acceptors (Lipinski definition) is 2. The molecule has 0 fully saturated rings. The van der Waals surface area contributed by atoms with Crippen molar-refractivity contribution in [1.29, 1.82) is 0 Å². The highest BCUT2D eigenvalue weighted by molar-refractivity contribution is 6.22. The first-order valence-electron chi connectivity index (χ1n) is 8.00. The molecular weight excluding hydrogens is 296 g/mol. The number of fused-ring (bicyclic) bond motifs is 7. The van der Waals surface area contributed by atoms with Crippen LogP contribution >= 0.6 is 0 Å². The zero-order chi connectivity index (χ0) is 15.7. The fourth-order valence-electron chi connectivity index (χ4n) is 3.84. The van der Waals surface area contributed by atoms with Crippen LogP contribution in [0.5, 0.6) is 11.5 Å². The summed E-state index contributed by atoms with van der Waals surface area (Å²) in [6, 6.07) is 22.9. The lowest BCUT2D eigenvalue weighted by Crippen LogP contribution is -2.04. The topological polar surface area (TPSA) is 27.1 Å². The van der Waals surface area contributed by atoms with Crippen molar-refractivity contribution < 1.29 is 4.74 Å². The van der Waals surface area contributed by atoms with E-state index in [4.69, 9.17) is 4.74 Å². The molecule has 0 atom stereocenters. The molecule has 0 saturated heterocycles. The molecule has 3 heteroatoms. The molecule has 5 aromatic rings. The third-order valence-electron chi connectivity index (χ3n) is 4.80. The Morgan fingerprint density at radius 3 is 2.62 bits per heavy atom. The fourth-order valence-corrected chi connectivity index (χ4v) is 3.84. The van der Waals surface area contributed by atoms with Crippen molar-refractivity contribution in [3.63, 3.8) is 0 Å². The van der Waals surface area contributed by atoms with E-state index in [1.54, 1.807) is 0 Å². The van der Waals surface area contributed by atoms with Crippen LogP contribution in [0.4, 0.5) is 0 Å². The summed E-state index contributed by atoms with van der Waals surface area (Å²) in [6.45, 7) is 0. The van der Waals surface area contributed by atoms with E-state index in [1.165, 1.54) is 16.2 Å². The lowest BCUT2D eigenvalue weighted by atomic mass is 10.0. The Balaban J connectivity index is 1.99. The van der Waals surface area contributed by atoms with Crippen LogP contribution in [0.3, 0.4) is 0 Å². The molecule has 6 rings (SSSR count). The van der Waals surface area contributed by atoms with Crippen LogP contribution in [0.1, 0.15) is 0 Å². The second-order valence-electron chi connectivity index (χ2n) is 6.10. The Morgan fingerprint density at radius 2 is 1.62 bits per heavy atom. The predicted molar refractivity (Wildman–Crippen MR) is 96.2 cm³/mol. The number of para-hydroxylation sites is 2. The quantitative estimate of drug-likeness (QED) is 0.374. The molecule has 3 nitrogen and oxygen atoms in total. The first kappa shape index (κ1) is 12.1. The van der Waals surface area contributed by atoms with Gasteiger partial charge in [-0.2, -0.15) is 0 Å². The van der Waals surface area contributed by atoms with E-state index in [0.29, 0.717) is 0 Å². The average molecular weight is 308 g/mol. The molecule has 112 valence electrons. The third kappa shape index (κ3) is 1.35. The largest absolute Gasteiger partial charge is 0.453 e. The van der Waals surface area contributed by atoms with E-state index >= 15 is 0 Å². The standard InChI is InChI=1S/C21H12N2O/c1-2-7-14-13(6-1)12-18-20-19(14)15-8-5-11-22-21(15)23(20)16-9-3-4-10-17(16)24-18/h1-12H. The Bertz CT molecular complexity index is 1280. The van der Waals surface area contributed by atoms with Gasteiger partial charge in [0.2, 0.25) is 0 Å². The molecule has 3 heterocycles. The number of pyridine rings is 1. The summed E-state index contributed by atoms with van der Waals surface area (Å²) in [7, 11) is 0. The monoisotopic (exact) mass is 308 g/mol. The summed E-state index contributed by atoms with van der Waals surface area (Å²) in [5.74, 6) is 1.75. The minimum atomic E-state index is 0.865. The van der Waals surface area contributed by atoms with Crippen LogP contribution in [-0.2, 0) is 0 Å². The first-order valence-corrected chi connectivity index (χ1v) is 8.00. The van der Waals surface area contributed by atoms with Crippen LogP contribution in [0.2, 0.25) is 0 Å². The number of benzene rings is 3. The highest BCUT2D eigenvalue weighted by Gasteiger charge is 2.25. The second-order valence-corrected chi connectivity index (χ2v) is 6.10. The molecule has 3 aromatic carbocycles. The molecule has 1 aliphatic rings. The van der Waals surface area contributed by atoms with E-state index in [9.17, 15) is 0 Å². The minimum Gasteiger partial charge on any atom is -0.453 e. The van der Waals surface area contributed by atoms with E-state index in [0.717, 1.165) is 33.7 Å². The van der Waals surface area contributed by atoms with Crippen molar-refractivity contribution in [3.8, 4) is 17.2 Å². The van der Waals surface area contributed by atoms with Gasteiger partial charge in [0, 0.05) is 17.0 Å². The first-order chi connectivity index (χ1) is 11.9. The van der Waals surface area contributed by atoms with Crippen LogP contribution in [0.25, 0.3) is 38.4 Å². The molecule has 0 aliphatic carbocycles. The summed E-state index contributed by atoms with van der Waals surface area (Å²) < 4.78 is 8.47. The molecule has 0 N–H and O–H groups in total. The third-order valence-corrected chi connectivity index (χ3v) is 4.80. The van der Waals surface area contributed by atoms with Crippen molar-refractivity contribution in [1.82, 2.24) is 9.55 Å². The van der Waals surface area contributed by atoms with Gasteiger partial charge >= 0.3 is 0 Å². The maximum absolute atomic E-state index is 6.24. The molecule has 1 aliphatic heterocycles. The van der Waals surface area contributed by atoms with Crippen molar-refractivity contribution >= 4 is 32.7 Å². The maximum Gasteiger partial charge on any atom is 0.152 e. The number of rotatable bonds is 0. The van der Waals surface area contributed by atoms with Crippen LogP contribution in [0, 0.1) is 0 Å². The molecule has 0 spiro atoms. The summed E-state index contributed by atoms with van der Waals surface area (Å²) in [6.07, 6.45) is 1.85. The van der Waals surface area contributed by atoms with Gasteiger partial charge in [0.05, 0.1) is 11.2 Å². The van der Waals surface area contributed by atoms with Crippen molar-refractivity contribution in [2.75, 3.05) is 0 Å².